The van der Waals surface area contributed by atoms with Gasteiger partial charge in [0.25, 0.3) is 0 Å². The molecule has 0 atom stereocenters. The molecule has 1 aliphatic carbocycles. The second-order valence-corrected chi connectivity index (χ2v) is 5.89. The third kappa shape index (κ3) is 2.96. The van der Waals surface area contributed by atoms with Gasteiger partial charge in [0.2, 0.25) is 0 Å². The van der Waals surface area contributed by atoms with Crippen molar-refractivity contribution in [2.45, 2.75) is 44.4 Å². The monoisotopic (exact) mass is 324 g/mol. The van der Waals surface area contributed by atoms with Crippen LogP contribution < -0.4 is 5.32 Å². The fourth-order valence-electron chi connectivity index (χ4n) is 2.58. The zero-order valence-corrected chi connectivity index (χ0v) is 12.2. The summed E-state index contributed by atoms with van der Waals surface area (Å²) in [6, 6.07) is 0.499. The van der Waals surface area contributed by atoms with Gasteiger partial charge in [-0.2, -0.15) is 0 Å². The molecule has 0 aliphatic heterocycles. The molecule has 3 rings (SSSR count). The van der Waals surface area contributed by atoms with Gasteiger partial charge in [0.05, 0.1) is 24.2 Å². The standard InChI is InChI=1S/C13H17BrN4O/c14-12-8-18-10(6-17-13(18)7-16-12)5-15-9-1-3-11(19)4-2-9/h6-9,11,15,19H,1-5H2. The lowest BCUT2D eigenvalue weighted by Crippen LogP contribution is -2.34. The highest BCUT2D eigenvalue weighted by Crippen LogP contribution is 2.19. The minimum Gasteiger partial charge on any atom is -0.393 e. The predicted molar refractivity (Wildman–Crippen MR) is 75.8 cm³/mol. The number of fused-ring (bicyclic) bond motifs is 1. The highest BCUT2D eigenvalue weighted by Gasteiger charge is 2.19. The molecule has 0 bridgehead atoms. The average Bonchev–Trinajstić information content (AvgIpc) is 2.80. The van der Waals surface area contributed by atoms with Crippen molar-refractivity contribution in [3.05, 3.63) is 28.9 Å². The van der Waals surface area contributed by atoms with Gasteiger partial charge in [-0.3, -0.25) is 4.40 Å². The number of imidazole rings is 1. The number of aliphatic hydroxyl groups is 1. The van der Waals surface area contributed by atoms with Gasteiger partial charge in [0.15, 0.2) is 5.65 Å². The molecule has 2 aromatic heterocycles. The fourth-order valence-corrected chi connectivity index (χ4v) is 2.88. The summed E-state index contributed by atoms with van der Waals surface area (Å²) in [6.07, 6.45) is 9.37. The maximum Gasteiger partial charge on any atom is 0.155 e. The van der Waals surface area contributed by atoms with Gasteiger partial charge < -0.3 is 10.4 Å². The second-order valence-electron chi connectivity index (χ2n) is 5.07. The summed E-state index contributed by atoms with van der Waals surface area (Å²) in [5, 5.41) is 13.0. The van der Waals surface area contributed by atoms with Gasteiger partial charge >= 0.3 is 0 Å². The molecule has 0 unspecified atom stereocenters. The zero-order chi connectivity index (χ0) is 13.2. The van der Waals surface area contributed by atoms with Crippen molar-refractivity contribution < 1.29 is 5.11 Å². The van der Waals surface area contributed by atoms with Crippen molar-refractivity contribution >= 4 is 21.6 Å². The summed E-state index contributed by atoms with van der Waals surface area (Å²) in [4.78, 5) is 8.50. The third-order valence-corrected chi connectivity index (χ3v) is 4.12. The number of aromatic nitrogens is 3. The van der Waals surface area contributed by atoms with Crippen LogP contribution >= 0.6 is 15.9 Å². The Kier molecular flexibility index (Phi) is 3.81. The van der Waals surface area contributed by atoms with Crippen LogP contribution in [0.2, 0.25) is 0 Å². The fraction of sp³-hybridized carbons (Fsp3) is 0.538. The molecule has 0 aromatic carbocycles. The van der Waals surface area contributed by atoms with Gasteiger partial charge in [-0.05, 0) is 41.6 Å². The molecule has 1 aliphatic rings. The van der Waals surface area contributed by atoms with E-state index in [9.17, 15) is 5.11 Å². The normalized spacial score (nSPS) is 23.9. The Balaban J connectivity index is 1.67. The van der Waals surface area contributed by atoms with Crippen molar-refractivity contribution in [3.8, 4) is 0 Å². The molecule has 5 nitrogen and oxygen atoms in total. The first kappa shape index (κ1) is 13.0. The lowest BCUT2D eigenvalue weighted by Gasteiger charge is -2.26. The summed E-state index contributed by atoms with van der Waals surface area (Å²) in [7, 11) is 0. The molecule has 0 saturated heterocycles. The van der Waals surface area contributed by atoms with Crippen LogP contribution in [0.4, 0.5) is 0 Å². The molecule has 6 heteroatoms. The SMILES string of the molecule is OC1CCC(NCc2cnc3cnc(Br)cn23)CC1. The number of nitrogens with zero attached hydrogens (tertiary/aromatic N) is 3. The summed E-state index contributed by atoms with van der Waals surface area (Å²) in [5.74, 6) is 0. The molecule has 2 heterocycles. The van der Waals surface area contributed by atoms with Crippen molar-refractivity contribution in [1.82, 2.24) is 19.7 Å². The first-order valence-corrected chi connectivity index (χ1v) is 7.40. The smallest absolute Gasteiger partial charge is 0.155 e. The van der Waals surface area contributed by atoms with E-state index in [1.807, 2.05) is 16.8 Å². The van der Waals surface area contributed by atoms with E-state index < -0.39 is 0 Å². The minimum absolute atomic E-state index is 0.101. The molecule has 2 aromatic rings. The van der Waals surface area contributed by atoms with E-state index in [1.165, 1.54) is 0 Å². The number of nitrogens with one attached hydrogen (secondary N) is 1. The Bertz CT molecular complexity index is 563. The number of halogens is 1. The van der Waals surface area contributed by atoms with Crippen molar-refractivity contribution in [1.29, 1.82) is 0 Å². The first-order chi connectivity index (χ1) is 9.22. The van der Waals surface area contributed by atoms with Gasteiger partial charge in [-0.15, -0.1) is 0 Å². The number of aliphatic hydroxyl groups excluding tert-OH is 1. The van der Waals surface area contributed by atoms with Crippen molar-refractivity contribution in [2.75, 3.05) is 0 Å². The predicted octanol–water partition coefficient (Wildman–Crippen LogP) is 1.88. The van der Waals surface area contributed by atoms with Gasteiger partial charge in [-0.1, -0.05) is 0 Å². The maximum atomic E-state index is 9.50. The molecule has 1 fully saturated rings. The Hall–Kier alpha value is -0.980. The lowest BCUT2D eigenvalue weighted by atomic mass is 9.93. The minimum atomic E-state index is -0.101. The number of hydrogen-bond donors (Lipinski definition) is 2. The van der Waals surface area contributed by atoms with E-state index in [1.54, 1.807) is 6.20 Å². The number of hydrogen-bond acceptors (Lipinski definition) is 4. The topological polar surface area (TPSA) is 62.5 Å². The molecule has 19 heavy (non-hydrogen) atoms. The van der Waals surface area contributed by atoms with Crippen LogP contribution in [0.3, 0.4) is 0 Å². The molecular weight excluding hydrogens is 308 g/mol. The summed E-state index contributed by atoms with van der Waals surface area (Å²) in [6.45, 7) is 0.790. The van der Waals surface area contributed by atoms with Gasteiger partial charge in [0.1, 0.15) is 4.60 Å². The molecule has 102 valence electrons. The van der Waals surface area contributed by atoms with Crippen LogP contribution in [-0.4, -0.2) is 31.6 Å². The molecule has 0 radical (unpaired) electrons. The molecule has 0 spiro atoms. The van der Waals surface area contributed by atoms with Crippen molar-refractivity contribution in [3.63, 3.8) is 0 Å². The molecular formula is C13H17BrN4O. The van der Waals surface area contributed by atoms with Crippen molar-refractivity contribution in [2.24, 2.45) is 0 Å². The van der Waals surface area contributed by atoms with Gasteiger partial charge in [-0.25, -0.2) is 9.97 Å². The van der Waals surface area contributed by atoms with Gasteiger partial charge in [0, 0.05) is 18.8 Å². The van der Waals surface area contributed by atoms with Crippen LogP contribution in [0.25, 0.3) is 5.65 Å². The van der Waals surface area contributed by atoms with E-state index >= 15 is 0 Å². The summed E-state index contributed by atoms with van der Waals surface area (Å²) < 4.78 is 2.85. The highest BCUT2D eigenvalue weighted by molar-refractivity contribution is 9.10. The first-order valence-electron chi connectivity index (χ1n) is 6.61. The maximum absolute atomic E-state index is 9.50. The van der Waals surface area contributed by atoms with Crippen LogP contribution in [0, 0.1) is 0 Å². The van der Waals surface area contributed by atoms with Crippen LogP contribution in [-0.2, 0) is 6.54 Å². The van der Waals surface area contributed by atoms with Crippen LogP contribution in [0.15, 0.2) is 23.2 Å². The Morgan fingerprint density at radius 2 is 2.05 bits per heavy atom. The average molecular weight is 325 g/mol. The number of rotatable bonds is 3. The van der Waals surface area contributed by atoms with Crippen LogP contribution in [0.5, 0.6) is 0 Å². The molecule has 1 saturated carbocycles. The van der Waals surface area contributed by atoms with E-state index in [2.05, 4.69) is 31.2 Å². The van der Waals surface area contributed by atoms with Crippen LogP contribution in [0.1, 0.15) is 31.4 Å². The molecule has 0 amide bonds. The Morgan fingerprint density at radius 3 is 2.84 bits per heavy atom. The largest absolute Gasteiger partial charge is 0.393 e. The van der Waals surface area contributed by atoms with E-state index in [0.717, 1.165) is 48.2 Å². The Morgan fingerprint density at radius 1 is 1.26 bits per heavy atom. The van der Waals surface area contributed by atoms with E-state index in [4.69, 9.17) is 0 Å². The second kappa shape index (κ2) is 5.56. The highest BCUT2D eigenvalue weighted by atomic mass is 79.9. The lowest BCUT2D eigenvalue weighted by molar-refractivity contribution is 0.116. The third-order valence-electron chi connectivity index (χ3n) is 3.71. The molecule has 2 N–H and O–H groups in total. The summed E-state index contributed by atoms with van der Waals surface area (Å²) >= 11 is 3.38. The zero-order valence-electron chi connectivity index (χ0n) is 10.6. The quantitative estimate of drug-likeness (QED) is 0.905. The Labute approximate surface area is 120 Å². The summed E-state index contributed by atoms with van der Waals surface area (Å²) in [5.41, 5.74) is 1.99. The van der Waals surface area contributed by atoms with E-state index in [-0.39, 0.29) is 6.10 Å². The van der Waals surface area contributed by atoms with E-state index in [0.29, 0.717) is 6.04 Å².